The van der Waals surface area contributed by atoms with E-state index in [-0.39, 0.29) is 22.8 Å². The van der Waals surface area contributed by atoms with Crippen LogP contribution >= 0.6 is 0 Å². The third-order valence-electron chi connectivity index (χ3n) is 5.28. The monoisotopic (exact) mass is 424 g/mol. The van der Waals surface area contributed by atoms with Crippen molar-refractivity contribution in [3.63, 3.8) is 0 Å². The van der Waals surface area contributed by atoms with Gasteiger partial charge in [-0.15, -0.1) is 0 Å². The van der Waals surface area contributed by atoms with Crippen LogP contribution in [0.25, 0.3) is 5.76 Å². The molecule has 1 heterocycles. The Balaban J connectivity index is 1.86. The van der Waals surface area contributed by atoms with Gasteiger partial charge in [0.05, 0.1) is 11.2 Å². The zero-order valence-electron chi connectivity index (χ0n) is 18.1. The molecule has 4 N–H and O–H groups in total. The average Bonchev–Trinajstić information content (AvgIpc) is 3.09. The van der Waals surface area contributed by atoms with Gasteiger partial charge in [-0.2, -0.15) is 0 Å². The molecular formula is C25H28O6. The number of aliphatic hydroxyl groups is 2. The molecule has 31 heavy (non-hydrogen) atoms. The minimum atomic E-state index is -1.07. The van der Waals surface area contributed by atoms with Crippen LogP contribution in [0, 0.1) is 0 Å². The van der Waals surface area contributed by atoms with Crippen molar-refractivity contribution < 1.29 is 30.0 Å². The molecule has 1 aliphatic rings. The molecule has 2 aromatic carbocycles. The van der Waals surface area contributed by atoms with E-state index in [0.29, 0.717) is 35.3 Å². The molecule has 0 fully saturated rings. The lowest BCUT2D eigenvalue weighted by Crippen LogP contribution is -2.39. The predicted octanol–water partition coefficient (Wildman–Crippen LogP) is 4.46. The topological polar surface area (TPSA) is 107 Å². The number of hydrogen-bond acceptors (Lipinski definition) is 6. The molecule has 1 atom stereocenters. The molecule has 0 saturated carbocycles. The SMILES string of the molecule is CC(C)=CCc1cc(C(O)=CC(=O)c2cc3c(cc2O)OC(C(C)(C)O)C3)ccc1O. The Morgan fingerprint density at radius 2 is 1.87 bits per heavy atom. The van der Waals surface area contributed by atoms with Crippen LogP contribution < -0.4 is 4.74 Å². The number of benzene rings is 2. The summed E-state index contributed by atoms with van der Waals surface area (Å²) in [6.45, 7) is 7.18. The molecule has 1 aliphatic heterocycles. The highest BCUT2D eigenvalue weighted by molar-refractivity contribution is 6.09. The summed E-state index contributed by atoms with van der Waals surface area (Å²) < 4.78 is 5.69. The summed E-state index contributed by atoms with van der Waals surface area (Å²) in [6.07, 6.45) is 3.42. The number of carbonyl (C=O) groups excluding carboxylic acids is 1. The molecule has 6 nitrogen and oxygen atoms in total. The van der Waals surface area contributed by atoms with E-state index >= 15 is 0 Å². The zero-order chi connectivity index (χ0) is 22.9. The molecule has 0 bridgehead atoms. The molecule has 0 spiro atoms. The summed E-state index contributed by atoms with van der Waals surface area (Å²) in [6, 6.07) is 7.50. The van der Waals surface area contributed by atoms with Crippen LogP contribution in [0.4, 0.5) is 0 Å². The maximum Gasteiger partial charge on any atom is 0.193 e. The van der Waals surface area contributed by atoms with Crippen LogP contribution in [0.1, 0.15) is 54.7 Å². The van der Waals surface area contributed by atoms with E-state index in [0.717, 1.165) is 11.6 Å². The van der Waals surface area contributed by atoms with Gasteiger partial charge < -0.3 is 25.2 Å². The maximum absolute atomic E-state index is 12.7. The van der Waals surface area contributed by atoms with Gasteiger partial charge in [-0.1, -0.05) is 11.6 Å². The number of fused-ring (bicyclic) bond motifs is 1. The molecule has 6 heteroatoms. The van der Waals surface area contributed by atoms with Crippen molar-refractivity contribution >= 4 is 11.5 Å². The summed E-state index contributed by atoms with van der Waals surface area (Å²) >= 11 is 0. The number of ketones is 1. The standard InChI is InChI=1S/C25H28O6/c1-14(2)5-6-15-9-16(7-8-19(15)26)20(27)12-21(28)18-10-17-11-24(25(3,4)30)31-23(17)13-22(18)29/h5,7-10,12-13,24,26-27,29-30H,6,11H2,1-4H3. The van der Waals surface area contributed by atoms with Crippen molar-refractivity contribution in [3.8, 4) is 17.2 Å². The van der Waals surface area contributed by atoms with E-state index in [9.17, 15) is 25.2 Å². The van der Waals surface area contributed by atoms with Crippen LogP contribution in [0.15, 0.2) is 48.1 Å². The average molecular weight is 424 g/mol. The molecule has 0 amide bonds. The van der Waals surface area contributed by atoms with E-state index in [1.165, 1.54) is 24.3 Å². The molecule has 2 aromatic rings. The van der Waals surface area contributed by atoms with Crippen molar-refractivity contribution in [3.05, 3.63) is 70.3 Å². The van der Waals surface area contributed by atoms with E-state index in [2.05, 4.69) is 0 Å². The van der Waals surface area contributed by atoms with E-state index in [4.69, 9.17) is 4.74 Å². The predicted molar refractivity (Wildman–Crippen MR) is 119 cm³/mol. The maximum atomic E-state index is 12.7. The van der Waals surface area contributed by atoms with Gasteiger partial charge in [0.2, 0.25) is 0 Å². The fourth-order valence-electron chi connectivity index (χ4n) is 3.38. The number of carbonyl (C=O) groups is 1. The number of aliphatic hydroxyl groups excluding tert-OH is 1. The van der Waals surface area contributed by atoms with Crippen LogP contribution in [0.2, 0.25) is 0 Å². The quantitative estimate of drug-likeness (QED) is 0.236. The Bertz CT molecular complexity index is 1070. The minimum absolute atomic E-state index is 0.0360. The minimum Gasteiger partial charge on any atom is -0.508 e. The molecule has 0 aromatic heterocycles. The summed E-state index contributed by atoms with van der Waals surface area (Å²) in [7, 11) is 0. The third-order valence-corrected chi connectivity index (χ3v) is 5.28. The lowest BCUT2D eigenvalue weighted by Gasteiger charge is -2.24. The summed E-state index contributed by atoms with van der Waals surface area (Å²) in [5.41, 5.74) is 1.78. The van der Waals surface area contributed by atoms with Crippen molar-refractivity contribution in [2.24, 2.45) is 0 Å². The molecule has 164 valence electrons. The number of allylic oxidation sites excluding steroid dienone is 3. The first kappa shape index (κ1) is 22.4. The Morgan fingerprint density at radius 1 is 1.16 bits per heavy atom. The lowest BCUT2D eigenvalue weighted by atomic mass is 9.95. The molecule has 3 rings (SSSR count). The highest BCUT2D eigenvalue weighted by Crippen LogP contribution is 2.38. The fraction of sp³-hybridized carbons (Fsp3) is 0.320. The van der Waals surface area contributed by atoms with Crippen molar-refractivity contribution in [2.75, 3.05) is 0 Å². The Morgan fingerprint density at radius 3 is 2.52 bits per heavy atom. The number of hydrogen-bond donors (Lipinski definition) is 4. The Kier molecular flexibility index (Phi) is 6.13. The van der Waals surface area contributed by atoms with Crippen LogP contribution in [0.3, 0.4) is 0 Å². The van der Waals surface area contributed by atoms with E-state index in [1.807, 2.05) is 19.9 Å². The first-order valence-corrected chi connectivity index (χ1v) is 10.1. The normalized spacial score (nSPS) is 15.9. The van der Waals surface area contributed by atoms with Crippen LogP contribution in [-0.4, -0.2) is 37.9 Å². The second-order valence-corrected chi connectivity index (χ2v) is 8.66. The number of ether oxygens (including phenoxy) is 1. The van der Waals surface area contributed by atoms with Gasteiger partial charge in [-0.25, -0.2) is 0 Å². The Hall–Kier alpha value is -3.25. The van der Waals surface area contributed by atoms with Crippen molar-refractivity contribution in [1.82, 2.24) is 0 Å². The van der Waals surface area contributed by atoms with Crippen LogP contribution in [-0.2, 0) is 12.8 Å². The number of aromatic hydroxyl groups is 2. The van der Waals surface area contributed by atoms with Crippen molar-refractivity contribution in [1.29, 1.82) is 0 Å². The highest BCUT2D eigenvalue weighted by atomic mass is 16.5. The second-order valence-electron chi connectivity index (χ2n) is 8.66. The van der Waals surface area contributed by atoms with E-state index < -0.39 is 17.5 Å². The van der Waals surface area contributed by atoms with Gasteiger partial charge in [-0.3, -0.25) is 4.79 Å². The van der Waals surface area contributed by atoms with Gasteiger partial charge >= 0.3 is 0 Å². The zero-order valence-corrected chi connectivity index (χ0v) is 18.1. The van der Waals surface area contributed by atoms with Gasteiger partial charge in [-0.05, 0) is 69.5 Å². The van der Waals surface area contributed by atoms with Gasteiger partial charge in [0.25, 0.3) is 0 Å². The largest absolute Gasteiger partial charge is 0.508 e. The second kappa shape index (κ2) is 8.47. The number of phenolic OH excluding ortho intramolecular Hbond substituents is 2. The molecule has 1 unspecified atom stereocenters. The summed E-state index contributed by atoms with van der Waals surface area (Å²) in [4.78, 5) is 12.7. The van der Waals surface area contributed by atoms with Crippen molar-refractivity contribution in [2.45, 2.75) is 52.2 Å². The van der Waals surface area contributed by atoms with Gasteiger partial charge in [0, 0.05) is 24.1 Å². The first-order valence-electron chi connectivity index (χ1n) is 10.1. The number of phenols is 2. The van der Waals surface area contributed by atoms with Gasteiger partial charge in [0.1, 0.15) is 29.1 Å². The first-order chi connectivity index (χ1) is 14.5. The molecule has 0 saturated heterocycles. The summed E-state index contributed by atoms with van der Waals surface area (Å²) in [5.74, 6) is -0.564. The fourth-order valence-corrected chi connectivity index (χ4v) is 3.38. The van der Waals surface area contributed by atoms with E-state index in [1.54, 1.807) is 19.9 Å². The van der Waals surface area contributed by atoms with Gasteiger partial charge in [0.15, 0.2) is 5.78 Å². The molecular weight excluding hydrogens is 396 g/mol. The third kappa shape index (κ3) is 5.09. The van der Waals surface area contributed by atoms with Crippen LogP contribution in [0.5, 0.6) is 17.2 Å². The number of rotatable bonds is 6. The smallest absolute Gasteiger partial charge is 0.193 e. The molecule has 0 aliphatic carbocycles. The highest BCUT2D eigenvalue weighted by Gasteiger charge is 2.35. The Labute approximate surface area is 181 Å². The lowest BCUT2D eigenvalue weighted by molar-refractivity contribution is -0.0230. The summed E-state index contributed by atoms with van der Waals surface area (Å²) in [5, 5.41) is 41.0. The molecule has 0 radical (unpaired) electrons.